The van der Waals surface area contributed by atoms with Crippen molar-refractivity contribution in [2.45, 2.75) is 31.0 Å². The number of hydrogen-bond donors (Lipinski definition) is 1. The number of aryl methyl sites for hydroxylation is 2. The predicted octanol–water partition coefficient (Wildman–Crippen LogP) is 5.45. The van der Waals surface area contributed by atoms with Crippen molar-refractivity contribution in [1.29, 1.82) is 0 Å². The highest BCUT2D eigenvalue weighted by Gasteiger charge is 2.09. The summed E-state index contributed by atoms with van der Waals surface area (Å²) in [5, 5.41) is 3.72. The van der Waals surface area contributed by atoms with Crippen molar-refractivity contribution in [2.75, 3.05) is 12.4 Å². The number of nitrogens with zero attached hydrogens (tertiary/aromatic N) is 1. The minimum atomic E-state index is -2.41. The zero-order valence-electron chi connectivity index (χ0n) is 13.8. The summed E-state index contributed by atoms with van der Waals surface area (Å²) < 4.78 is 24.6. The lowest BCUT2D eigenvalue weighted by atomic mass is 10.1. The van der Waals surface area contributed by atoms with Crippen LogP contribution in [0.15, 0.2) is 47.4 Å². The quantitative estimate of drug-likeness (QED) is 0.559. The molecule has 0 aliphatic carbocycles. The van der Waals surface area contributed by atoms with Crippen LogP contribution in [0.1, 0.15) is 16.7 Å². The number of halogens is 2. The Morgan fingerprint density at radius 1 is 1.17 bits per heavy atom. The topological polar surface area (TPSA) is 15.3 Å². The van der Waals surface area contributed by atoms with Crippen molar-refractivity contribution in [1.82, 2.24) is 4.90 Å². The summed E-state index contributed by atoms with van der Waals surface area (Å²) in [6.45, 7) is 4.87. The molecule has 0 aliphatic heterocycles. The Bertz CT molecular complexity index is 703. The van der Waals surface area contributed by atoms with Gasteiger partial charge in [0.15, 0.2) is 5.11 Å². The van der Waals surface area contributed by atoms with E-state index in [1.807, 2.05) is 11.9 Å². The van der Waals surface area contributed by atoms with Gasteiger partial charge in [0.05, 0.1) is 0 Å². The SMILES string of the molecule is Cc1ccc(CN(C)C(=S)Nc2ccc(SC(F)F)cc2)c(C)c1. The summed E-state index contributed by atoms with van der Waals surface area (Å²) in [7, 11) is 1.93. The van der Waals surface area contributed by atoms with E-state index >= 15 is 0 Å². The van der Waals surface area contributed by atoms with Crippen LogP contribution in [0.5, 0.6) is 0 Å². The smallest absolute Gasteiger partial charge is 0.288 e. The van der Waals surface area contributed by atoms with Gasteiger partial charge in [0, 0.05) is 24.2 Å². The summed E-state index contributed by atoms with van der Waals surface area (Å²) >= 11 is 5.95. The molecular formula is C18H20F2N2S2. The Morgan fingerprint density at radius 3 is 2.42 bits per heavy atom. The number of rotatable bonds is 5. The molecule has 0 atom stereocenters. The van der Waals surface area contributed by atoms with E-state index in [1.54, 1.807) is 24.3 Å². The van der Waals surface area contributed by atoms with E-state index < -0.39 is 5.76 Å². The molecule has 0 amide bonds. The molecule has 6 heteroatoms. The second kappa shape index (κ2) is 8.44. The van der Waals surface area contributed by atoms with E-state index in [1.165, 1.54) is 16.7 Å². The third-order valence-corrected chi connectivity index (χ3v) is 4.72. The van der Waals surface area contributed by atoms with Crippen LogP contribution in [0.3, 0.4) is 0 Å². The fourth-order valence-corrected chi connectivity index (χ4v) is 2.97. The molecule has 24 heavy (non-hydrogen) atoms. The summed E-state index contributed by atoms with van der Waals surface area (Å²) in [6, 6.07) is 13.2. The number of alkyl halides is 2. The minimum Gasteiger partial charge on any atom is -0.348 e. The monoisotopic (exact) mass is 366 g/mol. The van der Waals surface area contributed by atoms with Crippen LogP contribution in [0.25, 0.3) is 0 Å². The van der Waals surface area contributed by atoms with Gasteiger partial charge in [-0.1, -0.05) is 35.5 Å². The minimum absolute atomic E-state index is 0.532. The molecule has 128 valence electrons. The van der Waals surface area contributed by atoms with Crippen LogP contribution in [0.2, 0.25) is 0 Å². The standard InChI is InChI=1S/C18H20F2N2S2/c1-12-4-5-14(13(2)10-12)11-22(3)18(23)21-15-6-8-16(9-7-15)24-17(19)20/h4-10,17H,11H2,1-3H3,(H,21,23). The van der Waals surface area contributed by atoms with Gasteiger partial charge in [-0.05, 0) is 61.5 Å². The van der Waals surface area contributed by atoms with Gasteiger partial charge in [-0.15, -0.1) is 0 Å². The molecule has 0 aromatic heterocycles. The third-order valence-electron chi connectivity index (χ3n) is 3.58. The second-order valence-corrected chi connectivity index (χ2v) is 7.07. The van der Waals surface area contributed by atoms with Gasteiger partial charge in [0.25, 0.3) is 5.76 Å². The summed E-state index contributed by atoms with van der Waals surface area (Å²) in [5.41, 5.74) is 4.47. The average molecular weight is 367 g/mol. The van der Waals surface area contributed by atoms with Gasteiger partial charge >= 0.3 is 0 Å². The van der Waals surface area contributed by atoms with Crippen molar-refractivity contribution in [2.24, 2.45) is 0 Å². The number of nitrogens with one attached hydrogen (secondary N) is 1. The van der Waals surface area contributed by atoms with E-state index in [9.17, 15) is 8.78 Å². The number of hydrogen-bond acceptors (Lipinski definition) is 2. The first-order valence-electron chi connectivity index (χ1n) is 7.48. The Morgan fingerprint density at radius 2 is 1.83 bits per heavy atom. The molecule has 0 fully saturated rings. The molecular weight excluding hydrogens is 346 g/mol. The maximum absolute atomic E-state index is 12.3. The number of benzene rings is 2. The van der Waals surface area contributed by atoms with Crippen molar-refractivity contribution < 1.29 is 8.78 Å². The number of thioether (sulfide) groups is 1. The number of anilines is 1. The normalized spacial score (nSPS) is 10.8. The summed E-state index contributed by atoms with van der Waals surface area (Å²) in [6.07, 6.45) is 0. The first-order valence-corrected chi connectivity index (χ1v) is 8.77. The fourth-order valence-electron chi connectivity index (χ4n) is 2.29. The maximum atomic E-state index is 12.3. The molecule has 0 radical (unpaired) electrons. The van der Waals surface area contributed by atoms with Crippen molar-refractivity contribution >= 4 is 34.8 Å². The van der Waals surface area contributed by atoms with Gasteiger partial charge in [-0.3, -0.25) is 0 Å². The van der Waals surface area contributed by atoms with Crippen LogP contribution in [0, 0.1) is 13.8 Å². The Balaban J connectivity index is 1.96. The highest BCUT2D eigenvalue weighted by molar-refractivity contribution is 7.99. The molecule has 2 aromatic rings. The highest BCUT2D eigenvalue weighted by atomic mass is 32.2. The molecule has 2 rings (SSSR count). The second-order valence-electron chi connectivity index (χ2n) is 5.62. The highest BCUT2D eigenvalue weighted by Crippen LogP contribution is 2.26. The molecule has 0 spiro atoms. The summed E-state index contributed by atoms with van der Waals surface area (Å²) in [4.78, 5) is 2.49. The molecule has 0 unspecified atom stereocenters. The molecule has 2 aromatic carbocycles. The van der Waals surface area contributed by atoms with Gasteiger partial charge in [0.2, 0.25) is 0 Å². The van der Waals surface area contributed by atoms with E-state index in [2.05, 4.69) is 37.4 Å². The molecule has 1 N–H and O–H groups in total. The van der Waals surface area contributed by atoms with Crippen LogP contribution >= 0.6 is 24.0 Å². The third kappa shape index (κ3) is 5.46. The van der Waals surface area contributed by atoms with Gasteiger partial charge in [0.1, 0.15) is 0 Å². The van der Waals surface area contributed by atoms with Crippen LogP contribution in [-0.4, -0.2) is 22.8 Å². The predicted molar refractivity (Wildman–Crippen MR) is 102 cm³/mol. The molecule has 0 heterocycles. The molecule has 0 saturated heterocycles. The number of thiocarbonyl (C=S) groups is 1. The van der Waals surface area contributed by atoms with Crippen molar-refractivity contribution in [3.63, 3.8) is 0 Å². The van der Waals surface area contributed by atoms with E-state index in [0.717, 1.165) is 5.69 Å². The molecule has 0 saturated carbocycles. The van der Waals surface area contributed by atoms with Gasteiger partial charge in [-0.2, -0.15) is 8.78 Å². The largest absolute Gasteiger partial charge is 0.348 e. The van der Waals surface area contributed by atoms with Crippen molar-refractivity contribution in [3.8, 4) is 0 Å². The zero-order chi connectivity index (χ0) is 17.7. The van der Waals surface area contributed by atoms with E-state index in [4.69, 9.17) is 12.2 Å². The first-order chi connectivity index (χ1) is 11.3. The Labute approximate surface area is 151 Å². The lowest BCUT2D eigenvalue weighted by molar-refractivity contribution is 0.252. The van der Waals surface area contributed by atoms with Crippen LogP contribution < -0.4 is 5.32 Å². The average Bonchev–Trinajstić information content (AvgIpc) is 2.51. The molecule has 0 aliphatic rings. The molecule has 2 nitrogen and oxygen atoms in total. The summed E-state index contributed by atoms with van der Waals surface area (Å²) in [5.74, 6) is -2.41. The first kappa shape index (κ1) is 18.7. The van der Waals surface area contributed by atoms with Crippen LogP contribution in [-0.2, 0) is 6.54 Å². The Hall–Kier alpha value is -1.66. The van der Waals surface area contributed by atoms with Gasteiger partial charge in [-0.25, -0.2) is 0 Å². The fraction of sp³-hybridized carbons (Fsp3) is 0.278. The zero-order valence-corrected chi connectivity index (χ0v) is 15.5. The van der Waals surface area contributed by atoms with Crippen molar-refractivity contribution in [3.05, 3.63) is 59.2 Å². The van der Waals surface area contributed by atoms with Crippen LogP contribution in [0.4, 0.5) is 14.5 Å². The van der Waals surface area contributed by atoms with E-state index in [0.29, 0.717) is 28.3 Å². The lowest BCUT2D eigenvalue weighted by Gasteiger charge is -2.22. The molecule has 0 bridgehead atoms. The lowest BCUT2D eigenvalue weighted by Crippen LogP contribution is -2.30. The van der Waals surface area contributed by atoms with E-state index in [-0.39, 0.29) is 0 Å². The van der Waals surface area contributed by atoms with Gasteiger partial charge < -0.3 is 10.2 Å². The maximum Gasteiger partial charge on any atom is 0.288 e. The Kier molecular flexibility index (Phi) is 6.57.